The highest BCUT2D eigenvalue weighted by Crippen LogP contribution is 2.47. The van der Waals surface area contributed by atoms with Gasteiger partial charge in [-0.1, -0.05) is 17.7 Å². The highest BCUT2D eigenvalue weighted by Gasteiger charge is 2.36. The zero-order valence-electron chi connectivity index (χ0n) is 17.1. The van der Waals surface area contributed by atoms with Crippen LogP contribution in [-0.4, -0.2) is 29.5 Å². The highest BCUT2D eigenvalue weighted by atomic mass is 35.5. The first-order valence-electron chi connectivity index (χ1n) is 9.95. The fourth-order valence-electron chi connectivity index (χ4n) is 4.06. The van der Waals surface area contributed by atoms with Gasteiger partial charge in [-0.25, -0.2) is 9.97 Å². The second kappa shape index (κ2) is 6.58. The van der Waals surface area contributed by atoms with Crippen LogP contribution >= 0.6 is 11.6 Å². The smallest absolute Gasteiger partial charge is 0.223 e. The summed E-state index contributed by atoms with van der Waals surface area (Å²) in [5.74, 6) is 1.64. The Labute approximate surface area is 178 Å². The molecule has 0 unspecified atom stereocenters. The Morgan fingerprint density at radius 3 is 2.60 bits per heavy atom. The Morgan fingerprint density at radius 1 is 1.13 bits per heavy atom. The predicted octanol–water partition coefficient (Wildman–Crippen LogP) is 3.47. The van der Waals surface area contributed by atoms with Crippen molar-refractivity contribution in [3.8, 4) is 0 Å². The monoisotopic (exact) mass is 422 g/mol. The van der Waals surface area contributed by atoms with Crippen molar-refractivity contribution in [1.29, 1.82) is 0 Å². The molecule has 154 valence electrons. The summed E-state index contributed by atoms with van der Waals surface area (Å²) < 4.78 is 1.60. The highest BCUT2D eigenvalue weighted by molar-refractivity contribution is 6.35. The van der Waals surface area contributed by atoms with Crippen LogP contribution in [0.15, 0.2) is 24.4 Å². The molecule has 3 aromatic heterocycles. The second-order valence-electron chi connectivity index (χ2n) is 8.62. The SMILES string of the molecule is Cc1nc(C(C)(C)N)cnc1[C@H]1C[C@@H](c2nc3c4cccc(Cl)c4nc(N)n3n2)C1. The Morgan fingerprint density at radius 2 is 1.90 bits per heavy atom. The molecule has 0 saturated heterocycles. The van der Waals surface area contributed by atoms with Crippen LogP contribution in [-0.2, 0) is 5.54 Å². The lowest BCUT2D eigenvalue weighted by atomic mass is 9.72. The largest absolute Gasteiger partial charge is 0.368 e. The lowest BCUT2D eigenvalue weighted by Gasteiger charge is -2.33. The van der Waals surface area contributed by atoms with Gasteiger partial charge >= 0.3 is 0 Å². The zero-order chi connectivity index (χ0) is 21.2. The van der Waals surface area contributed by atoms with Gasteiger partial charge in [0.05, 0.1) is 39.4 Å². The van der Waals surface area contributed by atoms with Crippen LogP contribution in [0.1, 0.15) is 61.4 Å². The molecular weight excluding hydrogens is 400 g/mol. The standard InChI is InChI=1S/C21H23ClN8/c1-10-16(25-9-15(26-10)21(2,3)24)11-7-12(8-11)18-28-19-13-5-4-6-14(22)17(13)27-20(23)30(19)29-18/h4-6,9,11-12H,7-8,24H2,1-3H3,(H2,23,27)/t11-,12+. The van der Waals surface area contributed by atoms with E-state index in [0.29, 0.717) is 22.1 Å². The summed E-state index contributed by atoms with van der Waals surface area (Å²) in [5.41, 5.74) is 15.9. The molecule has 1 aliphatic rings. The van der Waals surface area contributed by atoms with Crippen molar-refractivity contribution >= 4 is 34.1 Å². The van der Waals surface area contributed by atoms with Crippen molar-refractivity contribution in [2.24, 2.45) is 5.73 Å². The summed E-state index contributed by atoms with van der Waals surface area (Å²) in [4.78, 5) is 18.5. The van der Waals surface area contributed by atoms with Crippen molar-refractivity contribution < 1.29 is 0 Å². The molecule has 30 heavy (non-hydrogen) atoms. The first kappa shape index (κ1) is 19.1. The van der Waals surface area contributed by atoms with Crippen LogP contribution in [0.3, 0.4) is 0 Å². The van der Waals surface area contributed by atoms with Crippen molar-refractivity contribution in [3.05, 3.63) is 52.3 Å². The van der Waals surface area contributed by atoms with Crippen molar-refractivity contribution in [2.45, 2.75) is 51.0 Å². The topological polar surface area (TPSA) is 121 Å². The van der Waals surface area contributed by atoms with Gasteiger partial charge < -0.3 is 11.5 Å². The minimum absolute atomic E-state index is 0.246. The molecule has 1 saturated carbocycles. The minimum Gasteiger partial charge on any atom is -0.368 e. The van der Waals surface area contributed by atoms with E-state index in [0.717, 1.165) is 41.1 Å². The molecule has 0 aliphatic heterocycles. The van der Waals surface area contributed by atoms with Gasteiger partial charge in [0.1, 0.15) is 0 Å². The first-order valence-corrected chi connectivity index (χ1v) is 10.3. The molecule has 0 radical (unpaired) electrons. The molecule has 5 rings (SSSR count). The minimum atomic E-state index is -0.501. The molecule has 0 amide bonds. The van der Waals surface area contributed by atoms with Crippen molar-refractivity contribution in [3.63, 3.8) is 0 Å². The summed E-state index contributed by atoms with van der Waals surface area (Å²) >= 11 is 6.28. The summed E-state index contributed by atoms with van der Waals surface area (Å²) in [6, 6.07) is 5.61. The van der Waals surface area contributed by atoms with Crippen LogP contribution in [0.2, 0.25) is 5.02 Å². The van der Waals surface area contributed by atoms with Gasteiger partial charge in [-0.2, -0.15) is 4.52 Å². The Balaban J connectivity index is 1.43. The van der Waals surface area contributed by atoms with Gasteiger partial charge in [-0.3, -0.25) is 9.97 Å². The molecule has 1 fully saturated rings. The number of rotatable bonds is 3. The number of nitrogens with two attached hydrogens (primary N) is 2. The number of benzene rings is 1. The van der Waals surface area contributed by atoms with Crippen molar-refractivity contribution in [2.75, 3.05) is 5.73 Å². The van der Waals surface area contributed by atoms with E-state index in [1.165, 1.54) is 0 Å². The summed E-state index contributed by atoms with van der Waals surface area (Å²) in [5, 5.41) is 6.02. The fourth-order valence-corrected chi connectivity index (χ4v) is 4.28. The van der Waals surface area contributed by atoms with Crippen LogP contribution in [0.4, 0.5) is 5.95 Å². The van der Waals surface area contributed by atoms with E-state index in [-0.39, 0.29) is 11.9 Å². The maximum absolute atomic E-state index is 6.28. The number of hydrogen-bond acceptors (Lipinski definition) is 7. The van der Waals surface area contributed by atoms with E-state index in [9.17, 15) is 0 Å². The van der Waals surface area contributed by atoms with Crippen LogP contribution in [0, 0.1) is 6.92 Å². The predicted molar refractivity (Wildman–Crippen MR) is 116 cm³/mol. The summed E-state index contributed by atoms with van der Waals surface area (Å²) in [6.45, 7) is 5.86. The van der Waals surface area contributed by atoms with E-state index in [1.54, 1.807) is 16.8 Å². The van der Waals surface area contributed by atoms with E-state index >= 15 is 0 Å². The number of aromatic nitrogens is 6. The van der Waals surface area contributed by atoms with Gasteiger partial charge in [0, 0.05) is 17.2 Å². The third-order valence-electron chi connectivity index (χ3n) is 5.83. The molecule has 1 aromatic carbocycles. The summed E-state index contributed by atoms with van der Waals surface area (Å²) in [6.07, 6.45) is 3.63. The lowest BCUT2D eigenvalue weighted by Crippen LogP contribution is -2.31. The number of hydrogen-bond donors (Lipinski definition) is 2. The molecule has 0 bridgehead atoms. The summed E-state index contributed by atoms with van der Waals surface area (Å²) in [7, 11) is 0. The van der Waals surface area contributed by atoms with Gasteiger partial charge in [-0.05, 0) is 45.7 Å². The average molecular weight is 423 g/mol. The van der Waals surface area contributed by atoms with E-state index in [4.69, 9.17) is 28.1 Å². The van der Waals surface area contributed by atoms with Gasteiger partial charge in [0.25, 0.3) is 0 Å². The number of halogens is 1. The lowest BCUT2D eigenvalue weighted by molar-refractivity contribution is 0.329. The quantitative estimate of drug-likeness (QED) is 0.518. The van der Waals surface area contributed by atoms with E-state index in [2.05, 4.69) is 20.1 Å². The molecular formula is C21H23ClN8. The number of nitrogen functional groups attached to an aromatic ring is 1. The molecule has 1 aliphatic carbocycles. The Kier molecular flexibility index (Phi) is 4.20. The van der Waals surface area contributed by atoms with Gasteiger partial charge in [0.2, 0.25) is 5.95 Å². The molecule has 0 atom stereocenters. The Bertz CT molecular complexity index is 1280. The number of para-hydroxylation sites is 1. The van der Waals surface area contributed by atoms with Crippen LogP contribution in [0.5, 0.6) is 0 Å². The maximum Gasteiger partial charge on any atom is 0.223 e. The number of aryl methyl sites for hydroxylation is 1. The Hall–Kier alpha value is -2.84. The molecule has 9 heteroatoms. The molecule has 8 nitrogen and oxygen atoms in total. The maximum atomic E-state index is 6.28. The number of nitrogens with zero attached hydrogens (tertiary/aromatic N) is 6. The third-order valence-corrected chi connectivity index (χ3v) is 6.13. The molecule has 0 spiro atoms. The molecule has 4 N–H and O–H groups in total. The number of anilines is 1. The first-order chi connectivity index (χ1) is 14.2. The number of fused-ring (bicyclic) bond motifs is 3. The van der Waals surface area contributed by atoms with Gasteiger partial charge in [0.15, 0.2) is 11.5 Å². The van der Waals surface area contributed by atoms with Crippen LogP contribution in [0.25, 0.3) is 16.6 Å². The van der Waals surface area contributed by atoms with Crippen LogP contribution < -0.4 is 11.5 Å². The fraction of sp³-hybridized carbons (Fsp3) is 0.381. The van der Waals surface area contributed by atoms with Gasteiger partial charge in [-0.15, -0.1) is 5.10 Å². The molecule has 3 heterocycles. The molecule has 4 aromatic rings. The zero-order valence-corrected chi connectivity index (χ0v) is 17.9. The van der Waals surface area contributed by atoms with Crippen molar-refractivity contribution in [1.82, 2.24) is 29.5 Å². The average Bonchev–Trinajstić information content (AvgIpc) is 3.08. The van der Waals surface area contributed by atoms with E-state index in [1.807, 2.05) is 32.9 Å². The normalized spacial score (nSPS) is 19.4. The third kappa shape index (κ3) is 2.98. The van der Waals surface area contributed by atoms with E-state index < -0.39 is 5.54 Å². The second-order valence-corrected chi connectivity index (χ2v) is 9.03.